The van der Waals surface area contributed by atoms with Gasteiger partial charge in [-0.05, 0) is 13.0 Å². The second-order valence-electron chi connectivity index (χ2n) is 6.74. The molecule has 1 aromatic carbocycles. The Labute approximate surface area is 160 Å². The van der Waals surface area contributed by atoms with Crippen molar-refractivity contribution >= 4 is 11.6 Å². The third-order valence-electron chi connectivity index (χ3n) is 4.82. The Morgan fingerprint density at radius 2 is 1.96 bits per heavy atom. The molecule has 28 heavy (non-hydrogen) atoms. The van der Waals surface area contributed by atoms with Crippen LogP contribution in [0.2, 0.25) is 0 Å². The van der Waals surface area contributed by atoms with Crippen LogP contribution in [-0.2, 0) is 17.9 Å². The van der Waals surface area contributed by atoms with Gasteiger partial charge in [0.05, 0.1) is 4.92 Å². The van der Waals surface area contributed by atoms with Gasteiger partial charge < -0.3 is 4.90 Å². The normalized spacial score (nSPS) is 15.0. The van der Waals surface area contributed by atoms with Gasteiger partial charge in [0, 0.05) is 51.3 Å². The lowest BCUT2D eigenvalue weighted by molar-refractivity contribution is -0.385. The summed E-state index contributed by atoms with van der Waals surface area (Å²) in [5.74, 6) is -1.75. The van der Waals surface area contributed by atoms with Gasteiger partial charge in [0.25, 0.3) is 0 Å². The molecule has 0 N–H and O–H groups in total. The van der Waals surface area contributed by atoms with Gasteiger partial charge in [0.2, 0.25) is 5.91 Å². The number of amides is 1. The highest BCUT2D eigenvalue weighted by molar-refractivity contribution is 5.76. The number of piperazine rings is 1. The molecule has 0 bridgehead atoms. The molecule has 8 nitrogen and oxygen atoms in total. The van der Waals surface area contributed by atoms with Crippen LogP contribution in [-0.4, -0.2) is 56.6 Å². The van der Waals surface area contributed by atoms with Gasteiger partial charge in [-0.3, -0.25) is 24.5 Å². The van der Waals surface area contributed by atoms with E-state index < -0.39 is 16.6 Å². The van der Waals surface area contributed by atoms with Crippen LogP contribution in [0.4, 0.5) is 14.5 Å². The highest BCUT2D eigenvalue weighted by Crippen LogP contribution is 2.17. The van der Waals surface area contributed by atoms with E-state index in [-0.39, 0.29) is 24.6 Å². The minimum absolute atomic E-state index is 0.0626. The van der Waals surface area contributed by atoms with E-state index in [4.69, 9.17) is 0 Å². The number of rotatable bonds is 6. The molecule has 1 aromatic heterocycles. The Kier molecular flexibility index (Phi) is 5.98. The largest absolute Gasteiger partial charge is 0.340 e. The smallest absolute Gasteiger partial charge is 0.309 e. The quantitative estimate of drug-likeness (QED) is 0.554. The molecule has 0 atom stereocenters. The van der Waals surface area contributed by atoms with Crippen molar-refractivity contribution in [2.24, 2.45) is 0 Å². The number of aryl methyl sites for hydroxylation is 2. The van der Waals surface area contributed by atoms with Crippen LogP contribution >= 0.6 is 0 Å². The first kappa shape index (κ1) is 19.9. The number of aromatic nitrogens is 2. The zero-order chi connectivity index (χ0) is 20.3. The van der Waals surface area contributed by atoms with Gasteiger partial charge in [0.15, 0.2) is 11.6 Å². The van der Waals surface area contributed by atoms with Crippen molar-refractivity contribution in [3.05, 3.63) is 57.4 Å². The van der Waals surface area contributed by atoms with Crippen molar-refractivity contribution in [2.45, 2.75) is 26.4 Å². The lowest BCUT2D eigenvalue weighted by Crippen LogP contribution is -2.48. The molecule has 1 aliphatic rings. The van der Waals surface area contributed by atoms with Gasteiger partial charge in [-0.15, -0.1) is 0 Å². The minimum atomic E-state index is -0.861. The number of nitrogens with zero attached hydrogens (tertiary/aromatic N) is 5. The SMILES string of the molecule is Cc1nn(CCC(=O)N2CCN(Cc3cccc(F)c3F)CC2)cc1[N+](=O)[O-]. The number of hydrogen-bond acceptors (Lipinski definition) is 5. The van der Waals surface area contributed by atoms with Gasteiger partial charge >= 0.3 is 5.69 Å². The maximum absolute atomic E-state index is 13.8. The molecule has 2 aromatic rings. The van der Waals surface area contributed by atoms with E-state index in [0.717, 1.165) is 6.07 Å². The van der Waals surface area contributed by atoms with Crippen LogP contribution in [0.3, 0.4) is 0 Å². The Bertz CT molecular complexity index is 878. The number of hydrogen-bond donors (Lipinski definition) is 0. The maximum atomic E-state index is 13.8. The Balaban J connectivity index is 1.48. The number of carbonyl (C=O) groups excluding carboxylic acids is 1. The van der Waals surface area contributed by atoms with E-state index in [1.165, 1.54) is 16.9 Å². The molecule has 0 spiro atoms. The van der Waals surface area contributed by atoms with Gasteiger partial charge in [0.1, 0.15) is 11.9 Å². The second kappa shape index (κ2) is 8.42. The molecule has 1 saturated heterocycles. The maximum Gasteiger partial charge on any atom is 0.309 e. The molecular weight excluding hydrogens is 372 g/mol. The fourth-order valence-electron chi connectivity index (χ4n) is 3.24. The summed E-state index contributed by atoms with van der Waals surface area (Å²) in [5.41, 5.74) is 0.553. The lowest BCUT2D eigenvalue weighted by atomic mass is 10.1. The minimum Gasteiger partial charge on any atom is -0.340 e. The first-order valence-corrected chi connectivity index (χ1v) is 8.96. The molecule has 150 valence electrons. The zero-order valence-electron chi connectivity index (χ0n) is 15.5. The molecule has 0 saturated carbocycles. The molecule has 1 aliphatic heterocycles. The van der Waals surface area contributed by atoms with E-state index in [1.807, 2.05) is 4.90 Å². The third-order valence-corrected chi connectivity index (χ3v) is 4.82. The number of halogens is 2. The molecule has 0 radical (unpaired) electrons. The van der Waals surface area contributed by atoms with E-state index in [2.05, 4.69) is 5.10 Å². The predicted molar refractivity (Wildman–Crippen MR) is 96.5 cm³/mol. The Hall–Kier alpha value is -2.88. The molecule has 3 rings (SSSR count). The van der Waals surface area contributed by atoms with Crippen LogP contribution in [0, 0.1) is 28.7 Å². The highest BCUT2D eigenvalue weighted by Gasteiger charge is 2.23. The van der Waals surface area contributed by atoms with Crippen molar-refractivity contribution in [2.75, 3.05) is 26.2 Å². The average molecular weight is 393 g/mol. The topological polar surface area (TPSA) is 84.5 Å². The second-order valence-corrected chi connectivity index (χ2v) is 6.74. The molecule has 10 heteroatoms. The van der Waals surface area contributed by atoms with Crippen LogP contribution in [0.5, 0.6) is 0 Å². The number of nitro groups is 1. The average Bonchev–Trinajstić information content (AvgIpc) is 3.05. The molecular formula is C18H21F2N5O3. The van der Waals surface area contributed by atoms with Crippen molar-refractivity contribution in [1.82, 2.24) is 19.6 Å². The number of carbonyl (C=O) groups is 1. The van der Waals surface area contributed by atoms with E-state index in [9.17, 15) is 23.7 Å². The van der Waals surface area contributed by atoms with Crippen molar-refractivity contribution in [3.63, 3.8) is 0 Å². The molecule has 1 fully saturated rings. The van der Waals surface area contributed by atoms with Crippen molar-refractivity contribution in [3.8, 4) is 0 Å². The lowest BCUT2D eigenvalue weighted by Gasteiger charge is -2.34. The molecule has 0 aliphatic carbocycles. The summed E-state index contributed by atoms with van der Waals surface area (Å²) >= 11 is 0. The summed E-state index contributed by atoms with van der Waals surface area (Å²) < 4.78 is 28.5. The van der Waals surface area contributed by atoms with Crippen LogP contribution in [0.1, 0.15) is 17.7 Å². The highest BCUT2D eigenvalue weighted by atomic mass is 19.2. The third kappa shape index (κ3) is 4.50. The van der Waals surface area contributed by atoms with Crippen LogP contribution in [0.25, 0.3) is 0 Å². The van der Waals surface area contributed by atoms with E-state index in [1.54, 1.807) is 17.9 Å². The van der Waals surface area contributed by atoms with E-state index >= 15 is 0 Å². The predicted octanol–water partition coefficient (Wildman–Crippen LogP) is 2.11. The first-order valence-electron chi connectivity index (χ1n) is 8.96. The summed E-state index contributed by atoms with van der Waals surface area (Å²) in [7, 11) is 0. The van der Waals surface area contributed by atoms with Gasteiger partial charge in [-0.1, -0.05) is 12.1 Å². The number of benzene rings is 1. The Morgan fingerprint density at radius 3 is 2.61 bits per heavy atom. The summed E-state index contributed by atoms with van der Waals surface area (Å²) in [6, 6.07) is 4.13. The standard InChI is InChI=1S/C18H21F2N5O3/c1-13-16(25(27)28)12-24(21-13)6-5-17(26)23-9-7-22(8-10-23)11-14-3-2-4-15(19)18(14)20/h2-4,12H,5-11H2,1H3. The van der Waals surface area contributed by atoms with Crippen molar-refractivity contribution in [1.29, 1.82) is 0 Å². The summed E-state index contributed by atoms with van der Waals surface area (Å²) in [6.45, 7) is 4.23. The first-order chi connectivity index (χ1) is 13.3. The van der Waals surface area contributed by atoms with Crippen molar-refractivity contribution < 1.29 is 18.5 Å². The monoisotopic (exact) mass is 393 g/mol. The summed E-state index contributed by atoms with van der Waals surface area (Å²) in [5, 5.41) is 14.9. The fourth-order valence-corrected chi connectivity index (χ4v) is 3.24. The molecule has 1 amide bonds. The summed E-state index contributed by atoms with van der Waals surface area (Å²) in [4.78, 5) is 26.4. The fraction of sp³-hybridized carbons (Fsp3) is 0.444. The molecule has 2 heterocycles. The van der Waals surface area contributed by atoms with Crippen LogP contribution < -0.4 is 0 Å². The van der Waals surface area contributed by atoms with Gasteiger partial charge in [-0.2, -0.15) is 5.10 Å². The summed E-state index contributed by atoms with van der Waals surface area (Å²) in [6.07, 6.45) is 1.52. The Morgan fingerprint density at radius 1 is 1.25 bits per heavy atom. The van der Waals surface area contributed by atoms with Gasteiger partial charge in [-0.25, -0.2) is 8.78 Å². The molecule has 0 unspecified atom stereocenters. The zero-order valence-corrected chi connectivity index (χ0v) is 15.5. The van der Waals surface area contributed by atoms with Crippen LogP contribution in [0.15, 0.2) is 24.4 Å². The van der Waals surface area contributed by atoms with E-state index in [0.29, 0.717) is 44.0 Å².